The van der Waals surface area contributed by atoms with Crippen molar-refractivity contribution in [2.45, 2.75) is 38.6 Å². The number of anilines is 1. The summed E-state index contributed by atoms with van der Waals surface area (Å²) in [6, 6.07) is 3.86. The topological polar surface area (TPSA) is 34.1 Å². The molecular formula is C12H18N2O. The van der Waals surface area contributed by atoms with Crippen LogP contribution in [0.3, 0.4) is 0 Å². The highest BCUT2D eigenvalue weighted by molar-refractivity contribution is 5.51. The van der Waals surface area contributed by atoms with Crippen LogP contribution in [0.1, 0.15) is 33.1 Å². The molecule has 1 aromatic heterocycles. The molecule has 3 heteroatoms. The van der Waals surface area contributed by atoms with Crippen LogP contribution in [-0.4, -0.2) is 17.1 Å². The monoisotopic (exact) mass is 206 g/mol. The summed E-state index contributed by atoms with van der Waals surface area (Å²) in [7, 11) is 0. The largest absolute Gasteiger partial charge is 0.490 e. The van der Waals surface area contributed by atoms with Crippen molar-refractivity contribution in [1.82, 2.24) is 4.98 Å². The molecule has 82 valence electrons. The molecule has 1 aliphatic carbocycles. The van der Waals surface area contributed by atoms with Crippen LogP contribution in [0.4, 0.5) is 5.82 Å². The molecule has 15 heavy (non-hydrogen) atoms. The molecule has 3 nitrogen and oxygen atoms in total. The molecule has 1 N–H and O–H groups in total. The van der Waals surface area contributed by atoms with Crippen LogP contribution < -0.4 is 10.1 Å². The molecule has 1 aliphatic rings. The quantitative estimate of drug-likeness (QED) is 0.822. The van der Waals surface area contributed by atoms with E-state index >= 15 is 0 Å². The minimum atomic E-state index is 0.222. The van der Waals surface area contributed by atoms with Gasteiger partial charge in [-0.3, -0.25) is 0 Å². The number of rotatable bonds is 4. The zero-order valence-electron chi connectivity index (χ0n) is 9.42. The molecule has 1 saturated carbocycles. The summed E-state index contributed by atoms with van der Waals surface area (Å²) in [6.07, 6.45) is 5.54. The number of hydrogen-bond acceptors (Lipinski definition) is 3. The van der Waals surface area contributed by atoms with Gasteiger partial charge in [-0.15, -0.1) is 0 Å². The second kappa shape index (κ2) is 4.09. The Kier molecular flexibility index (Phi) is 2.80. The summed E-state index contributed by atoms with van der Waals surface area (Å²) in [5.74, 6) is 1.73. The number of hydrogen-bond donors (Lipinski definition) is 1. The van der Waals surface area contributed by atoms with Crippen molar-refractivity contribution >= 4 is 5.82 Å². The van der Waals surface area contributed by atoms with E-state index in [2.05, 4.69) is 17.2 Å². The third kappa shape index (κ3) is 2.22. The Hall–Kier alpha value is -1.25. The van der Waals surface area contributed by atoms with Crippen molar-refractivity contribution in [3.05, 3.63) is 18.3 Å². The zero-order chi connectivity index (χ0) is 10.7. The van der Waals surface area contributed by atoms with Crippen LogP contribution in [0.15, 0.2) is 18.3 Å². The van der Waals surface area contributed by atoms with Gasteiger partial charge in [0.05, 0.1) is 6.61 Å². The third-order valence-corrected chi connectivity index (χ3v) is 2.95. The molecule has 1 fully saturated rings. The summed E-state index contributed by atoms with van der Waals surface area (Å²) >= 11 is 0. The predicted octanol–water partition coefficient (Wildman–Crippen LogP) is 2.83. The van der Waals surface area contributed by atoms with Crippen LogP contribution in [0.25, 0.3) is 0 Å². The van der Waals surface area contributed by atoms with E-state index in [0.29, 0.717) is 6.61 Å². The van der Waals surface area contributed by atoms with Gasteiger partial charge in [0.2, 0.25) is 0 Å². The summed E-state index contributed by atoms with van der Waals surface area (Å²) in [5, 5.41) is 3.47. The first kappa shape index (κ1) is 10.3. The lowest BCUT2D eigenvalue weighted by Gasteiger charge is -2.39. The Labute approximate surface area is 90.9 Å². The van der Waals surface area contributed by atoms with Gasteiger partial charge in [-0.05, 0) is 45.2 Å². The van der Waals surface area contributed by atoms with Gasteiger partial charge in [0, 0.05) is 11.7 Å². The molecule has 0 unspecified atom stereocenters. The highest BCUT2D eigenvalue weighted by Crippen LogP contribution is 2.36. The maximum atomic E-state index is 5.53. The number of aromatic nitrogens is 1. The minimum Gasteiger partial charge on any atom is -0.490 e. The molecule has 0 radical (unpaired) electrons. The lowest BCUT2D eigenvalue weighted by molar-refractivity contribution is 0.300. The summed E-state index contributed by atoms with van der Waals surface area (Å²) in [5.41, 5.74) is 0.222. The van der Waals surface area contributed by atoms with Gasteiger partial charge in [-0.1, -0.05) is 0 Å². The standard InChI is InChI=1S/C12H18N2O/c1-3-15-10-6-4-9-13-11(10)14-12(2)7-5-8-12/h4,6,9H,3,5,7-8H2,1-2H3,(H,13,14). The number of ether oxygens (including phenoxy) is 1. The fraction of sp³-hybridized carbons (Fsp3) is 0.583. The second-order valence-corrected chi connectivity index (χ2v) is 4.32. The summed E-state index contributed by atoms with van der Waals surface area (Å²) in [4.78, 5) is 4.33. The molecule has 0 bridgehead atoms. The van der Waals surface area contributed by atoms with E-state index in [-0.39, 0.29) is 5.54 Å². The van der Waals surface area contributed by atoms with Gasteiger partial charge < -0.3 is 10.1 Å². The molecule has 0 spiro atoms. The van der Waals surface area contributed by atoms with E-state index in [4.69, 9.17) is 4.74 Å². The molecule has 0 aromatic carbocycles. The van der Waals surface area contributed by atoms with Crippen LogP contribution in [0.2, 0.25) is 0 Å². The first-order chi connectivity index (χ1) is 7.23. The van der Waals surface area contributed by atoms with E-state index in [1.165, 1.54) is 19.3 Å². The van der Waals surface area contributed by atoms with Gasteiger partial charge in [0.1, 0.15) is 0 Å². The van der Waals surface area contributed by atoms with Gasteiger partial charge in [-0.25, -0.2) is 4.98 Å². The first-order valence-electron chi connectivity index (χ1n) is 5.59. The summed E-state index contributed by atoms with van der Waals surface area (Å²) in [6.45, 7) is 4.90. The molecular weight excluding hydrogens is 188 g/mol. The van der Waals surface area contributed by atoms with Crippen LogP contribution in [0, 0.1) is 0 Å². The number of nitrogens with one attached hydrogen (secondary N) is 1. The Morgan fingerprint density at radius 3 is 2.93 bits per heavy atom. The Morgan fingerprint density at radius 2 is 2.33 bits per heavy atom. The van der Waals surface area contributed by atoms with Crippen molar-refractivity contribution < 1.29 is 4.74 Å². The number of nitrogens with zero attached hydrogens (tertiary/aromatic N) is 1. The van der Waals surface area contributed by atoms with Gasteiger partial charge in [0.25, 0.3) is 0 Å². The molecule has 0 atom stereocenters. The van der Waals surface area contributed by atoms with Gasteiger partial charge in [0.15, 0.2) is 11.6 Å². The van der Waals surface area contributed by atoms with Crippen LogP contribution in [-0.2, 0) is 0 Å². The van der Waals surface area contributed by atoms with E-state index < -0.39 is 0 Å². The maximum Gasteiger partial charge on any atom is 0.169 e. The highest BCUT2D eigenvalue weighted by atomic mass is 16.5. The van der Waals surface area contributed by atoms with Crippen molar-refractivity contribution in [3.8, 4) is 5.75 Å². The SMILES string of the molecule is CCOc1cccnc1NC1(C)CCC1. The van der Waals surface area contributed by atoms with E-state index in [1.807, 2.05) is 19.1 Å². The van der Waals surface area contributed by atoms with Crippen molar-refractivity contribution in [2.75, 3.05) is 11.9 Å². The Bertz CT molecular complexity index is 334. The highest BCUT2D eigenvalue weighted by Gasteiger charge is 2.32. The molecule has 0 aliphatic heterocycles. The lowest BCUT2D eigenvalue weighted by atomic mass is 9.78. The Morgan fingerprint density at radius 1 is 1.53 bits per heavy atom. The molecule has 1 heterocycles. The average Bonchev–Trinajstić information content (AvgIpc) is 2.19. The molecule has 1 aromatic rings. The molecule has 2 rings (SSSR count). The maximum absolute atomic E-state index is 5.53. The fourth-order valence-corrected chi connectivity index (χ4v) is 1.87. The van der Waals surface area contributed by atoms with Crippen molar-refractivity contribution in [1.29, 1.82) is 0 Å². The zero-order valence-corrected chi connectivity index (χ0v) is 9.42. The second-order valence-electron chi connectivity index (χ2n) is 4.32. The van der Waals surface area contributed by atoms with E-state index in [9.17, 15) is 0 Å². The first-order valence-corrected chi connectivity index (χ1v) is 5.59. The number of pyridine rings is 1. The molecule has 0 saturated heterocycles. The normalized spacial score (nSPS) is 18.0. The van der Waals surface area contributed by atoms with Crippen molar-refractivity contribution in [3.63, 3.8) is 0 Å². The smallest absolute Gasteiger partial charge is 0.169 e. The van der Waals surface area contributed by atoms with E-state index in [0.717, 1.165) is 11.6 Å². The van der Waals surface area contributed by atoms with Crippen LogP contribution in [0.5, 0.6) is 5.75 Å². The predicted molar refractivity (Wildman–Crippen MR) is 61.3 cm³/mol. The van der Waals surface area contributed by atoms with Gasteiger partial charge >= 0.3 is 0 Å². The van der Waals surface area contributed by atoms with Crippen LogP contribution >= 0.6 is 0 Å². The van der Waals surface area contributed by atoms with Crippen molar-refractivity contribution in [2.24, 2.45) is 0 Å². The average molecular weight is 206 g/mol. The lowest BCUT2D eigenvalue weighted by Crippen LogP contribution is -2.42. The van der Waals surface area contributed by atoms with Gasteiger partial charge in [-0.2, -0.15) is 0 Å². The van der Waals surface area contributed by atoms with E-state index in [1.54, 1.807) is 6.20 Å². The fourth-order valence-electron chi connectivity index (χ4n) is 1.87. The summed E-state index contributed by atoms with van der Waals surface area (Å²) < 4.78 is 5.53. The molecule has 0 amide bonds. The minimum absolute atomic E-state index is 0.222. The third-order valence-electron chi connectivity index (χ3n) is 2.95. The Balaban J connectivity index is 2.12.